The number of benzene rings is 1. The molecule has 20 heavy (non-hydrogen) atoms. The molecular formula is C15H21ClN2OS. The second-order valence-electron chi connectivity index (χ2n) is 5.01. The number of aromatic nitrogens is 1. The zero-order chi connectivity index (χ0) is 14.7. The first kappa shape index (κ1) is 15.4. The van der Waals surface area contributed by atoms with Crippen LogP contribution in [-0.4, -0.2) is 18.1 Å². The largest absolute Gasteiger partial charge is 0.491 e. The lowest BCUT2D eigenvalue weighted by molar-refractivity contribution is 0.316. The maximum absolute atomic E-state index is 6.41. The van der Waals surface area contributed by atoms with Crippen LogP contribution in [0.5, 0.6) is 5.75 Å². The number of halogens is 1. The lowest BCUT2D eigenvalue weighted by Gasteiger charge is -2.15. The molecule has 110 valence electrons. The van der Waals surface area contributed by atoms with E-state index < -0.39 is 0 Å². The Bertz CT molecular complexity index is 595. The summed E-state index contributed by atoms with van der Waals surface area (Å²) < 4.78 is 6.96. The molecule has 0 radical (unpaired) electrons. The highest BCUT2D eigenvalue weighted by atomic mass is 35.5. The van der Waals surface area contributed by atoms with Crippen molar-refractivity contribution < 1.29 is 4.74 Å². The molecule has 1 heterocycles. The van der Waals surface area contributed by atoms with Crippen LogP contribution in [0.1, 0.15) is 45.6 Å². The van der Waals surface area contributed by atoms with E-state index in [1.807, 2.05) is 6.07 Å². The summed E-state index contributed by atoms with van der Waals surface area (Å²) in [6, 6.07) is 2.02. The second-order valence-corrected chi connectivity index (χ2v) is 6.41. The summed E-state index contributed by atoms with van der Waals surface area (Å²) in [5.41, 5.74) is 2.01. The molecule has 0 atom stereocenters. The van der Waals surface area contributed by atoms with E-state index in [0.717, 1.165) is 44.6 Å². The standard InChI is InChI=1S/C15H21ClN2OS/c1-5-7-19-13-10(9(3)4)8-11(16)14-12(13)18-15(20-14)17-6-2/h8-9H,5-7H2,1-4H3,(H,17,18). The topological polar surface area (TPSA) is 34.1 Å². The van der Waals surface area contributed by atoms with Crippen LogP contribution in [0.4, 0.5) is 5.13 Å². The SMILES string of the molecule is CCCOc1c(C(C)C)cc(Cl)c2sc(NCC)nc12. The predicted octanol–water partition coefficient (Wildman–Crippen LogP) is 5.29. The minimum absolute atomic E-state index is 0.355. The summed E-state index contributed by atoms with van der Waals surface area (Å²) in [4.78, 5) is 4.66. The van der Waals surface area contributed by atoms with Gasteiger partial charge in [0.05, 0.1) is 16.3 Å². The van der Waals surface area contributed by atoms with Crippen LogP contribution in [0.2, 0.25) is 5.02 Å². The lowest BCUT2D eigenvalue weighted by atomic mass is 10.0. The molecule has 2 rings (SSSR count). The molecule has 0 amide bonds. The summed E-state index contributed by atoms with van der Waals surface area (Å²) >= 11 is 8.00. The number of thiazole rings is 1. The van der Waals surface area contributed by atoms with E-state index in [1.165, 1.54) is 0 Å². The number of fused-ring (bicyclic) bond motifs is 1. The molecule has 1 aromatic heterocycles. The fourth-order valence-electron chi connectivity index (χ4n) is 2.05. The van der Waals surface area contributed by atoms with Crippen molar-refractivity contribution in [3.05, 3.63) is 16.7 Å². The van der Waals surface area contributed by atoms with E-state index in [9.17, 15) is 0 Å². The highest BCUT2D eigenvalue weighted by molar-refractivity contribution is 7.22. The smallest absolute Gasteiger partial charge is 0.183 e. The summed E-state index contributed by atoms with van der Waals surface area (Å²) in [6.45, 7) is 10.0. The van der Waals surface area contributed by atoms with Crippen molar-refractivity contribution in [1.82, 2.24) is 4.98 Å². The Morgan fingerprint density at radius 2 is 2.15 bits per heavy atom. The second kappa shape index (κ2) is 6.64. The van der Waals surface area contributed by atoms with Crippen molar-refractivity contribution in [2.24, 2.45) is 0 Å². The van der Waals surface area contributed by atoms with Gasteiger partial charge in [0.1, 0.15) is 11.3 Å². The number of nitrogens with zero attached hydrogens (tertiary/aromatic N) is 1. The van der Waals surface area contributed by atoms with Gasteiger partial charge in [-0.05, 0) is 25.3 Å². The van der Waals surface area contributed by atoms with Gasteiger partial charge < -0.3 is 10.1 Å². The van der Waals surface area contributed by atoms with Crippen LogP contribution in [0.25, 0.3) is 10.2 Å². The fourth-order valence-corrected chi connectivity index (χ4v) is 3.31. The molecule has 1 N–H and O–H groups in total. The van der Waals surface area contributed by atoms with Gasteiger partial charge in [-0.25, -0.2) is 4.98 Å². The van der Waals surface area contributed by atoms with Crippen LogP contribution < -0.4 is 10.1 Å². The molecule has 0 fully saturated rings. The monoisotopic (exact) mass is 312 g/mol. The van der Waals surface area contributed by atoms with E-state index in [0.29, 0.717) is 12.5 Å². The van der Waals surface area contributed by atoms with Crippen molar-refractivity contribution in [3.8, 4) is 5.75 Å². The minimum Gasteiger partial charge on any atom is -0.491 e. The summed E-state index contributed by atoms with van der Waals surface area (Å²) in [7, 11) is 0. The third-order valence-corrected chi connectivity index (χ3v) is 4.46. The van der Waals surface area contributed by atoms with Crippen LogP contribution >= 0.6 is 22.9 Å². The first-order valence-corrected chi connectivity index (χ1v) is 8.27. The van der Waals surface area contributed by atoms with Gasteiger partial charge in [-0.3, -0.25) is 0 Å². The van der Waals surface area contributed by atoms with E-state index >= 15 is 0 Å². The minimum atomic E-state index is 0.355. The highest BCUT2D eigenvalue weighted by Gasteiger charge is 2.19. The van der Waals surface area contributed by atoms with Crippen molar-refractivity contribution in [2.45, 2.75) is 40.0 Å². The Morgan fingerprint density at radius 1 is 1.40 bits per heavy atom. The van der Waals surface area contributed by atoms with Gasteiger partial charge in [0.15, 0.2) is 5.13 Å². The molecule has 0 aliphatic carbocycles. The molecule has 0 saturated heterocycles. The lowest BCUT2D eigenvalue weighted by Crippen LogP contribution is -2.01. The number of anilines is 1. The first-order chi connectivity index (χ1) is 9.58. The zero-order valence-electron chi connectivity index (χ0n) is 12.4. The van der Waals surface area contributed by atoms with Gasteiger partial charge in [-0.15, -0.1) is 0 Å². The van der Waals surface area contributed by atoms with Gasteiger partial charge in [-0.2, -0.15) is 0 Å². The number of ether oxygens (including phenoxy) is 1. The van der Waals surface area contributed by atoms with Crippen LogP contribution in [0.15, 0.2) is 6.07 Å². The number of hydrogen-bond acceptors (Lipinski definition) is 4. The van der Waals surface area contributed by atoms with Crippen LogP contribution in [-0.2, 0) is 0 Å². The van der Waals surface area contributed by atoms with Crippen molar-refractivity contribution >= 4 is 38.3 Å². The summed E-state index contributed by atoms with van der Waals surface area (Å²) in [5.74, 6) is 1.25. The van der Waals surface area contributed by atoms with Gasteiger partial charge in [0.25, 0.3) is 0 Å². The number of nitrogens with one attached hydrogen (secondary N) is 1. The van der Waals surface area contributed by atoms with Crippen LogP contribution in [0, 0.1) is 0 Å². The van der Waals surface area contributed by atoms with E-state index in [4.69, 9.17) is 16.3 Å². The normalized spacial score (nSPS) is 11.3. The Balaban J connectivity index is 2.61. The van der Waals surface area contributed by atoms with Crippen molar-refractivity contribution in [2.75, 3.05) is 18.5 Å². The number of rotatable bonds is 6. The third-order valence-electron chi connectivity index (χ3n) is 3.00. The Labute approximate surface area is 129 Å². The average molecular weight is 313 g/mol. The molecule has 5 heteroatoms. The van der Waals surface area contributed by atoms with Crippen molar-refractivity contribution in [1.29, 1.82) is 0 Å². The molecule has 2 aromatic rings. The molecule has 0 bridgehead atoms. The molecule has 0 aliphatic heterocycles. The van der Waals surface area contributed by atoms with Crippen LogP contribution in [0.3, 0.4) is 0 Å². The Hall–Kier alpha value is -1.00. The average Bonchev–Trinajstić information content (AvgIpc) is 2.82. The van der Waals surface area contributed by atoms with Gasteiger partial charge >= 0.3 is 0 Å². The summed E-state index contributed by atoms with van der Waals surface area (Å²) in [5, 5.41) is 4.90. The summed E-state index contributed by atoms with van der Waals surface area (Å²) in [6.07, 6.45) is 0.978. The molecule has 3 nitrogen and oxygen atoms in total. The molecular weight excluding hydrogens is 292 g/mol. The molecule has 0 spiro atoms. The maximum Gasteiger partial charge on any atom is 0.183 e. The van der Waals surface area contributed by atoms with Gasteiger partial charge in [0.2, 0.25) is 0 Å². The Kier molecular flexibility index (Phi) is 5.11. The molecule has 0 aliphatic rings. The highest BCUT2D eigenvalue weighted by Crippen LogP contribution is 2.42. The zero-order valence-corrected chi connectivity index (χ0v) is 14.0. The predicted molar refractivity (Wildman–Crippen MR) is 88.7 cm³/mol. The van der Waals surface area contributed by atoms with E-state index in [-0.39, 0.29) is 0 Å². The maximum atomic E-state index is 6.41. The Morgan fingerprint density at radius 3 is 2.75 bits per heavy atom. The molecule has 0 unspecified atom stereocenters. The van der Waals surface area contributed by atoms with E-state index in [1.54, 1.807) is 11.3 Å². The van der Waals surface area contributed by atoms with Gasteiger partial charge in [-0.1, -0.05) is 43.7 Å². The quantitative estimate of drug-likeness (QED) is 0.786. The first-order valence-electron chi connectivity index (χ1n) is 7.08. The number of hydrogen-bond donors (Lipinski definition) is 1. The van der Waals surface area contributed by atoms with Crippen molar-refractivity contribution in [3.63, 3.8) is 0 Å². The van der Waals surface area contributed by atoms with Gasteiger partial charge in [0, 0.05) is 12.1 Å². The molecule has 1 aromatic carbocycles. The molecule has 0 saturated carbocycles. The fraction of sp³-hybridized carbons (Fsp3) is 0.533. The third kappa shape index (κ3) is 3.01. The van der Waals surface area contributed by atoms with E-state index in [2.05, 4.69) is 38.0 Å².